The highest BCUT2D eigenvalue weighted by Gasteiger charge is 2.22. The van der Waals surface area contributed by atoms with Crippen LogP contribution in [0.15, 0.2) is 30.1 Å². The molecule has 2 rings (SSSR count). The summed E-state index contributed by atoms with van der Waals surface area (Å²) in [6.45, 7) is 0. The number of halogens is 3. The first-order valence-electron chi connectivity index (χ1n) is 7.31. The number of nitriles is 1. The molecule has 0 bridgehead atoms. The van der Waals surface area contributed by atoms with Crippen LogP contribution >= 0.6 is 0 Å². The molecule has 0 aromatic heterocycles. The summed E-state index contributed by atoms with van der Waals surface area (Å²) >= 11 is 0. The van der Waals surface area contributed by atoms with Crippen molar-refractivity contribution in [3.63, 3.8) is 0 Å². The summed E-state index contributed by atoms with van der Waals surface area (Å²) in [5.41, 5.74) is 0.864. The summed E-state index contributed by atoms with van der Waals surface area (Å²) in [6, 6.07) is 5.61. The first kappa shape index (κ1) is 15.6. The van der Waals surface area contributed by atoms with Crippen molar-refractivity contribution in [3.05, 3.63) is 47.3 Å². The minimum atomic E-state index is -0.807. The van der Waals surface area contributed by atoms with Gasteiger partial charge in [-0.2, -0.15) is 9.65 Å². The van der Waals surface area contributed by atoms with Gasteiger partial charge in [-0.05, 0) is 74.1 Å². The van der Waals surface area contributed by atoms with Crippen LogP contribution in [0.2, 0.25) is 0 Å². The number of nitrogens with zero attached hydrogens (tertiary/aromatic N) is 1. The van der Waals surface area contributed by atoms with Gasteiger partial charge in [0.25, 0.3) is 0 Å². The molecule has 4 heteroatoms. The predicted octanol–water partition coefficient (Wildman–Crippen LogP) is 5.40. The Morgan fingerprint density at radius 2 is 1.90 bits per heavy atom. The van der Waals surface area contributed by atoms with Gasteiger partial charge >= 0.3 is 0 Å². The Morgan fingerprint density at radius 3 is 2.52 bits per heavy atom. The van der Waals surface area contributed by atoms with E-state index in [1.54, 1.807) is 6.07 Å². The Morgan fingerprint density at radius 1 is 1.19 bits per heavy atom. The third-order valence-electron chi connectivity index (χ3n) is 4.27. The van der Waals surface area contributed by atoms with Crippen LogP contribution in [-0.4, -0.2) is 0 Å². The first-order valence-corrected chi connectivity index (χ1v) is 7.31. The monoisotopic (exact) mass is 293 g/mol. The molecule has 0 amide bonds. The zero-order valence-electron chi connectivity index (χ0n) is 11.8. The van der Waals surface area contributed by atoms with Crippen molar-refractivity contribution >= 4 is 0 Å². The van der Waals surface area contributed by atoms with Crippen molar-refractivity contribution in [2.45, 2.75) is 44.4 Å². The van der Waals surface area contributed by atoms with Gasteiger partial charge in [0, 0.05) is 0 Å². The van der Waals surface area contributed by atoms with E-state index in [9.17, 15) is 13.2 Å². The van der Waals surface area contributed by atoms with Crippen LogP contribution in [0.3, 0.4) is 0 Å². The Kier molecular flexibility index (Phi) is 5.44. The fraction of sp³-hybridized carbons (Fsp3) is 0.471. The molecule has 0 spiro atoms. The number of hydrogen-bond acceptors (Lipinski definition) is 1. The highest BCUT2D eigenvalue weighted by Crippen LogP contribution is 2.37. The summed E-state index contributed by atoms with van der Waals surface area (Å²) in [6.07, 6.45) is 6.69. The first-order chi connectivity index (χ1) is 10.1. The lowest BCUT2D eigenvalue weighted by Gasteiger charge is -2.28. The Balaban J connectivity index is 1.83. The highest BCUT2D eigenvalue weighted by atomic mass is 19.2. The Bertz CT molecular complexity index is 552. The third-order valence-corrected chi connectivity index (χ3v) is 4.27. The highest BCUT2D eigenvalue weighted by molar-refractivity contribution is 5.22. The van der Waals surface area contributed by atoms with Gasteiger partial charge in [0.15, 0.2) is 17.5 Å². The van der Waals surface area contributed by atoms with Gasteiger partial charge in [0.1, 0.15) is 6.07 Å². The maximum Gasteiger partial charge on any atom is 0.196 e. The van der Waals surface area contributed by atoms with E-state index < -0.39 is 17.5 Å². The topological polar surface area (TPSA) is 23.8 Å². The predicted molar refractivity (Wildman–Crippen MR) is 75.1 cm³/mol. The second-order valence-electron chi connectivity index (χ2n) is 5.63. The fourth-order valence-electron chi connectivity index (χ4n) is 3.04. The molecule has 112 valence electrons. The van der Waals surface area contributed by atoms with E-state index in [-0.39, 0.29) is 5.92 Å². The van der Waals surface area contributed by atoms with Crippen LogP contribution in [0.1, 0.15) is 50.0 Å². The van der Waals surface area contributed by atoms with Gasteiger partial charge in [-0.3, -0.25) is 0 Å². The Labute approximate surface area is 123 Å². The van der Waals surface area contributed by atoms with Gasteiger partial charge in [0.2, 0.25) is 0 Å². The van der Waals surface area contributed by atoms with Gasteiger partial charge in [-0.1, -0.05) is 6.07 Å². The van der Waals surface area contributed by atoms with E-state index in [1.165, 1.54) is 24.3 Å². The van der Waals surface area contributed by atoms with E-state index >= 15 is 0 Å². The molecule has 0 N–H and O–H groups in total. The molecule has 0 atom stereocenters. The number of hydrogen-bond donors (Lipinski definition) is 0. The molecule has 21 heavy (non-hydrogen) atoms. The van der Waals surface area contributed by atoms with Crippen molar-refractivity contribution in [1.29, 1.82) is 5.26 Å². The summed E-state index contributed by atoms with van der Waals surface area (Å²) in [5.74, 6) is -1.51. The average molecular weight is 293 g/mol. The average Bonchev–Trinajstić information content (AvgIpc) is 2.50. The molecule has 0 aliphatic heterocycles. The second kappa shape index (κ2) is 7.31. The molecule has 1 aliphatic rings. The summed E-state index contributed by atoms with van der Waals surface area (Å²) < 4.78 is 38.8. The van der Waals surface area contributed by atoms with Gasteiger partial charge in [0.05, 0.1) is 0 Å². The zero-order valence-corrected chi connectivity index (χ0v) is 11.8. The zero-order chi connectivity index (χ0) is 15.2. The SMILES string of the molecule is N#C/C(F)=C/CCC1CCC(c2ccc(F)c(F)c2)CC1. The van der Waals surface area contributed by atoms with Crippen LogP contribution in [0.5, 0.6) is 0 Å². The Hall–Kier alpha value is -1.76. The van der Waals surface area contributed by atoms with Gasteiger partial charge in [-0.25, -0.2) is 8.78 Å². The minimum absolute atomic E-state index is 0.280. The summed E-state index contributed by atoms with van der Waals surface area (Å²) in [5, 5.41) is 8.32. The maximum atomic E-state index is 13.2. The third kappa shape index (κ3) is 4.35. The lowest BCUT2D eigenvalue weighted by Crippen LogP contribution is -2.13. The van der Waals surface area contributed by atoms with Crippen LogP contribution < -0.4 is 0 Å². The van der Waals surface area contributed by atoms with Crippen LogP contribution in [0, 0.1) is 28.9 Å². The van der Waals surface area contributed by atoms with E-state index in [0.717, 1.165) is 37.7 Å². The van der Waals surface area contributed by atoms with Gasteiger partial charge < -0.3 is 0 Å². The molecule has 1 fully saturated rings. The molecule has 1 aromatic carbocycles. The molecule has 1 aromatic rings. The van der Waals surface area contributed by atoms with Crippen molar-refractivity contribution in [3.8, 4) is 6.07 Å². The van der Waals surface area contributed by atoms with Crippen molar-refractivity contribution < 1.29 is 13.2 Å². The smallest absolute Gasteiger partial charge is 0.196 e. The van der Waals surface area contributed by atoms with E-state index in [1.807, 2.05) is 0 Å². The second-order valence-corrected chi connectivity index (χ2v) is 5.63. The van der Waals surface area contributed by atoms with Crippen molar-refractivity contribution in [2.75, 3.05) is 0 Å². The minimum Gasteiger partial charge on any atom is -0.204 e. The molecule has 1 aliphatic carbocycles. The van der Waals surface area contributed by atoms with E-state index in [0.29, 0.717) is 12.3 Å². The van der Waals surface area contributed by atoms with Crippen LogP contribution in [-0.2, 0) is 0 Å². The van der Waals surface area contributed by atoms with Crippen LogP contribution in [0.25, 0.3) is 0 Å². The number of rotatable bonds is 4. The number of benzene rings is 1. The van der Waals surface area contributed by atoms with Crippen molar-refractivity contribution in [1.82, 2.24) is 0 Å². The lowest BCUT2D eigenvalue weighted by molar-refractivity contribution is 0.311. The molecular formula is C17H18F3N. The lowest BCUT2D eigenvalue weighted by atomic mass is 9.77. The standard InChI is InChI=1S/C17H18F3N/c18-15(11-21)3-1-2-12-4-6-13(7-5-12)14-8-9-16(19)17(20)10-14/h3,8-10,12-13H,1-2,4-7H2/b15-3-. The molecule has 0 saturated heterocycles. The molecular weight excluding hydrogens is 275 g/mol. The van der Waals surface area contributed by atoms with Crippen molar-refractivity contribution in [2.24, 2.45) is 5.92 Å². The van der Waals surface area contributed by atoms with E-state index in [2.05, 4.69) is 0 Å². The van der Waals surface area contributed by atoms with E-state index in [4.69, 9.17) is 5.26 Å². The fourth-order valence-corrected chi connectivity index (χ4v) is 3.04. The molecule has 1 saturated carbocycles. The summed E-state index contributed by atoms with van der Waals surface area (Å²) in [7, 11) is 0. The molecule has 0 radical (unpaired) electrons. The quantitative estimate of drug-likeness (QED) is 0.682. The maximum absolute atomic E-state index is 13.2. The normalized spacial score (nSPS) is 22.9. The largest absolute Gasteiger partial charge is 0.204 e. The molecule has 1 nitrogen and oxygen atoms in total. The van der Waals surface area contributed by atoms with Crippen LogP contribution in [0.4, 0.5) is 13.2 Å². The van der Waals surface area contributed by atoms with Gasteiger partial charge in [-0.15, -0.1) is 0 Å². The molecule has 0 heterocycles. The molecule has 0 unspecified atom stereocenters. The summed E-state index contributed by atoms with van der Waals surface area (Å²) in [4.78, 5) is 0. The number of allylic oxidation sites excluding steroid dienone is 2.